The maximum absolute atomic E-state index is 13.7. The number of hydrogen-bond acceptors (Lipinski definition) is 5. The average Bonchev–Trinajstić information content (AvgIpc) is 3.39. The molecule has 160 valence electrons. The zero-order chi connectivity index (χ0) is 21.9. The first-order valence-corrected chi connectivity index (χ1v) is 8.65. The number of nitrogens with zero attached hydrogens (tertiary/aromatic N) is 4. The summed E-state index contributed by atoms with van der Waals surface area (Å²) in [6.07, 6.45) is -8.60. The highest BCUT2D eigenvalue weighted by Gasteiger charge is 2.51. The number of alkyl halides is 6. The third kappa shape index (κ3) is 3.10. The van der Waals surface area contributed by atoms with Gasteiger partial charge in [0.2, 0.25) is 5.88 Å². The average molecular weight is 432 g/mol. The number of hydrogen-bond donors (Lipinski definition) is 0. The highest BCUT2D eigenvalue weighted by molar-refractivity contribution is 5.85. The number of fused-ring (bicyclic) bond motifs is 1. The van der Waals surface area contributed by atoms with Gasteiger partial charge in [-0.05, 0) is 30.5 Å². The first-order valence-electron chi connectivity index (χ1n) is 8.65. The predicted molar refractivity (Wildman–Crippen MR) is 91.2 cm³/mol. The standard InChI is InChI=1S/C18H14F6N4O2/c1-29-14-11-12(18(22,23)24)27-28(13(11)25-15(26-14)30-2)16(7-8-16)9-3-5-10(6-4-9)17(19,20)21/h3-6H,7-8H2,1-2H3. The van der Waals surface area contributed by atoms with Crippen molar-refractivity contribution in [1.29, 1.82) is 0 Å². The number of methoxy groups -OCH3 is 2. The number of rotatable bonds is 4. The van der Waals surface area contributed by atoms with Gasteiger partial charge < -0.3 is 9.47 Å². The van der Waals surface area contributed by atoms with Gasteiger partial charge in [0.05, 0.1) is 25.3 Å². The number of benzene rings is 1. The molecule has 0 spiro atoms. The van der Waals surface area contributed by atoms with E-state index in [1.807, 2.05) is 0 Å². The zero-order valence-electron chi connectivity index (χ0n) is 15.6. The van der Waals surface area contributed by atoms with E-state index in [0.717, 1.165) is 23.9 Å². The second-order valence-electron chi connectivity index (χ2n) is 6.78. The van der Waals surface area contributed by atoms with Crippen molar-refractivity contribution in [1.82, 2.24) is 19.7 Å². The Morgan fingerprint density at radius 3 is 2.00 bits per heavy atom. The molecule has 30 heavy (non-hydrogen) atoms. The Labute approximate surface area is 165 Å². The summed E-state index contributed by atoms with van der Waals surface area (Å²) < 4.78 is 90.7. The largest absolute Gasteiger partial charge is 0.480 e. The number of ether oxygens (including phenoxy) is 2. The SMILES string of the molecule is COc1nc(OC)c2c(C(F)(F)F)nn(C3(c4ccc(C(F)(F)F)cc4)CC3)c2n1. The monoisotopic (exact) mass is 432 g/mol. The highest BCUT2D eigenvalue weighted by Crippen LogP contribution is 2.52. The molecule has 2 aromatic heterocycles. The molecule has 3 aromatic rings. The summed E-state index contributed by atoms with van der Waals surface area (Å²) in [5.74, 6) is -0.362. The Hall–Kier alpha value is -3.05. The Bertz CT molecular complexity index is 1100. The van der Waals surface area contributed by atoms with Gasteiger partial charge in [-0.3, -0.25) is 0 Å². The van der Waals surface area contributed by atoms with E-state index in [4.69, 9.17) is 9.47 Å². The highest BCUT2D eigenvalue weighted by atomic mass is 19.4. The molecule has 1 saturated carbocycles. The minimum atomic E-state index is -4.83. The van der Waals surface area contributed by atoms with Crippen molar-refractivity contribution in [3.8, 4) is 11.9 Å². The first-order chi connectivity index (χ1) is 14.0. The van der Waals surface area contributed by atoms with Crippen molar-refractivity contribution in [3.05, 3.63) is 41.1 Å². The van der Waals surface area contributed by atoms with Gasteiger partial charge in [0, 0.05) is 0 Å². The Kier molecular flexibility index (Phi) is 4.37. The quantitative estimate of drug-likeness (QED) is 0.572. The van der Waals surface area contributed by atoms with E-state index in [0.29, 0.717) is 18.4 Å². The van der Waals surface area contributed by atoms with Crippen molar-refractivity contribution in [2.24, 2.45) is 0 Å². The second kappa shape index (κ2) is 6.47. The topological polar surface area (TPSA) is 62.1 Å². The van der Waals surface area contributed by atoms with E-state index in [2.05, 4.69) is 15.1 Å². The van der Waals surface area contributed by atoms with Crippen LogP contribution in [0.15, 0.2) is 24.3 Å². The van der Waals surface area contributed by atoms with Crippen LogP contribution in [0.2, 0.25) is 0 Å². The number of aromatic nitrogens is 4. The summed E-state index contributed by atoms with van der Waals surface area (Å²) in [5.41, 5.74) is -2.94. The van der Waals surface area contributed by atoms with Gasteiger partial charge in [0.25, 0.3) is 0 Å². The van der Waals surface area contributed by atoms with E-state index in [9.17, 15) is 26.3 Å². The molecule has 1 aromatic carbocycles. The van der Waals surface area contributed by atoms with Gasteiger partial charge in [-0.2, -0.15) is 41.4 Å². The van der Waals surface area contributed by atoms with Gasteiger partial charge in [-0.1, -0.05) is 12.1 Å². The number of halogens is 6. The minimum absolute atomic E-state index is 0.177. The molecule has 0 amide bonds. The lowest BCUT2D eigenvalue weighted by Crippen LogP contribution is -2.22. The Morgan fingerprint density at radius 1 is 0.900 bits per heavy atom. The van der Waals surface area contributed by atoms with Crippen LogP contribution in [0.25, 0.3) is 11.0 Å². The fraction of sp³-hybridized carbons (Fsp3) is 0.389. The van der Waals surface area contributed by atoms with Crippen LogP contribution in [-0.2, 0) is 17.9 Å². The molecule has 2 heterocycles. The molecule has 6 nitrogen and oxygen atoms in total. The molecule has 0 N–H and O–H groups in total. The van der Waals surface area contributed by atoms with E-state index >= 15 is 0 Å². The van der Waals surface area contributed by atoms with Crippen LogP contribution in [0.4, 0.5) is 26.3 Å². The van der Waals surface area contributed by atoms with Gasteiger partial charge in [-0.15, -0.1) is 0 Å². The molecule has 12 heteroatoms. The van der Waals surface area contributed by atoms with E-state index < -0.39 is 34.5 Å². The second-order valence-corrected chi connectivity index (χ2v) is 6.78. The molecule has 0 bridgehead atoms. The van der Waals surface area contributed by atoms with Crippen molar-refractivity contribution < 1.29 is 35.8 Å². The third-order valence-corrected chi connectivity index (χ3v) is 5.00. The Balaban J connectivity index is 1.94. The molecule has 0 atom stereocenters. The van der Waals surface area contributed by atoms with Gasteiger partial charge in [0.15, 0.2) is 11.3 Å². The lowest BCUT2D eigenvalue weighted by molar-refractivity contribution is -0.140. The molecule has 0 radical (unpaired) electrons. The summed E-state index contributed by atoms with van der Waals surface area (Å²) >= 11 is 0. The minimum Gasteiger partial charge on any atom is -0.480 e. The van der Waals surface area contributed by atoms with E-state index in [1.165, 1.54) is 19.2 Å². The molecule has 4 rings (SSSR count). The molecular formula is C18H14F6N4O2. The van der Waals surface area contributed by atoms with Crippen LogP contribution in [0.1, 0.15) is 29.7 Å². The van der Waals surface area contributed by atoms with Crippen LogP contribution in [0, 0.1) is 0 Å². The molecule has 0 saturated heterocycles. The lowest BCUT2D eigenvalue weighted by atomic mass is 10.0. The molecule has 0 unspecified atom stereocenters. The van der Waals surface area contributed by atoms with Crippen molar-refractivity contribution in [2.75, 3.05) is 14.2 Å². The summed E-state index contributed by atoms with van der Waals surface area (Å²) in [5, 5.41) is 3.32. The lowest BCUT2D eigenvalue weighted by Gasteiger charge is -2.18. The van der Waals surface area contributed by atoms with Crippen molar-refractivity contribution in [2.45, 2.75) is 30.7 Å². The molecule has 1 aliphatic carbocycles. The molecular weight excluding hydrogens is 418 g/mol. The van der Waals surface area contributed by atoms with Crippen LogP contribution in [-0.4, -0.2) is 34.0 Å². The summed E-state index contributed by atoms with van der Waals surface area (Å²) in [6.45, 7) is 0. The summed E-state index contributed by atoms with van der Waals surface area (Å²) in [4.78, 5) is 7.84. The zero-order valence-corrected chi connectivity index (χ0v) is 15.6. The van der Waals surface area contributed by atoms with Gasteiger partial charge in [0.1, 0.15) is 5.39 Å². The fourth-order valence-electron chi connectivity index (χ4n) is 3.41. The van der Waals surface area contributed by atoms with Crippen LogP contribution in [0.5, 0.6) is 11.9 Å². The Morgan fingerprint density at radius 2 is 1.53 bits per heavy atom. The summed E-state index contributed by atoms with van der Waals surface area (Å²) in [6, 6.07) is 4.04. The molecule has 1 fully saturated rings. The van der Waals surface area contributed by atoms with E-state index in [-0.39, 0.29) is 17.5 Å². The molecule has 0 aliphatic heterocycles. The van der Waals surface area contributed by atoms with Crippen molar-refractivity contribution >= 4 is 11.0 Å². The fourth-order valence-corrected chi connectivity index (χ4v) is 3.41. The van der Waals surface area contributed by atoms with Gasteiger partial charge >= 0.3 is 18.4 Å². The van der Waals surface area contributed by atoms with Crippen LogP contribution < -0.4 is 9.47 Å². The third-order valence-electron chi connectivity index (χ3n) is 5.00. The van der Waals surface area contributed by atoms with Crippen LogP contribution in [0.3, 0.4) is 0 Å². The maximum Gasteiger partial charge on any atom is 0.436 e. The van der Waals surface area contributed by atoms with Gasteiger partial charge in [-0.25, -0.2) is 4.68 Å². The summed E-state index contributed by atoms with van der Waals surface area (Å²) in [7, 11) is 2.40. The van der Waals surface area contributed by atoms with E-state index in [1.54, 1.807) is 0 Å². The first kappa shape index (κ1) is 20.2. The van der Waals surface area contributed by atoms with Crippen LogP contribution >= 0.6 is 0 Å². The normalized spacial score (nSPS) is 16.0. The molecule has 1 aliphatic rings. The predicted octanol–water partition coefficient (Wildman–Crippen LogP) is 4.42. The smallest absolute Gasteiger partial charge is 0.436 e. The van der Waals surface area contributed by atoms with Crippen molar-refractivity contribution in [3.63, 3.8) is 0 Å². The maximum atomic E-state index is 13.7.